The normalized spacial score (nSPS) is 30.1. The number of nitrogens with zero attached hydrogens (tertiary/aromatic N) is 2. The maximum atomic E-state index is 13.1. The second-order valence-electron chi connectivity index (χ2n) is 9.65. The summed E-state index contributed by atoms with van der Waals surface area (Å²) < 4.78 is 15.4. The fourth-order valence-electron chi connectivity index (χ4n) is 6.37. The Morgan fingerprint density at radius 1 is 1.17 bits per heavy atom. The molecule has 6 heteroatoms. The first-order chi connectivity index (χ1) is 14.5. The zero-order chi connectivity index (χ0) is 20.7. The fourth-order valence-corrected chi connectivity index (χ4v) is 7.40. The van der Waals surface area contributed by atoms with Crippen LogP contribution in [0.5, 0.6) is 0 Å². The number of aromatic nitrogens is 1. The van der Waals surface area contributed by atoms with Crippen LogP contribution >= 0.6 is 11.3 Å². The predicted octanol–water partition coefficient (Wildman–Crippen LogP) is 5.15. The van der Waals surface area contributed by atoms with Gasteiger partial charge >= 0.3 is 0 Å². The molecule has 2 aromatic rings. The topological polar surface area (TPSA) is 46.4 Å². The first-order valence-corrected chi connectivity index (χ1v) is 12.2. The number of halogens is 1. The molecular weight excluding hydrogens is 397 g/mol. The summed E-state index contributed by atoms with van der Waals surface area (Å²) in [6.07, 6.45) is 9.34. The second-order valence-corrected chi connectivity index (χ2v) is 10.5. The van der Waals surface area contributed by atoms with Crippen molar-refractivity contribution in [3.63, 3.8) is 0 Å². The highest BCUT2D eigenvalue weighted by molar-refractivity contribution is 7.07. The van der Waals surface area contributed by atoms with Crippen LogP contribution in [0, 0.1) is 23.6 Å². The Kier molecular flexibility index (Phi) is 5.30. The van der Waals surface area contributed by atoms with Gasteiger partial charge in [0.15, 0.2) is 4.80 Å². The Bertz CT molecular complexity index is 955. The van der Waals surface area contributed by atoms with Crippen molar-refractivity contribution in [3.8, 4) is 0 Å². The third-order valence-corrected chi connectivity index (χ3v) is 8.05. The highest BCUT2D eigenvalue weighted by Crippen LogP contribution is 2.57. The van der Waals surface area contributed by atoms with Crippen LogP contribution in [0.25, 0.3) is 0 Å². The van der Waals surface area contributed by atoms with Gasteiger partial charge in [-0.2, -0.15) is 0 Å². The number of carbonyl (C=O) groups excluding carboxylic acids is 1. The van der Waals surface area contributed by atoms with E-state index in [1.807, 2.05) is 0 Å². The van der Waals surface area contributed by atoms with Gasteiger partial charge in [-0.05, 0) is 87.0 Å². The first kappa shape index (κ1) is 20.0. The van der Waals surface area contributed by atoms with Gasteiger partial charge in [0.2, 0.25) is 5.91 Å². The predicted molar refractivity (Wildman–Crippen MR) is 118 cm³/mol. The molecule has 6 rings (SSSR count). The summed E-state index contributed by atoms with van der Waals surface area (Å²) in [4.78, 5) is 19.1. The number of nitrogens with one attached hydrogen (secondary N) is 1. The number of carbonyl (C=O) groups is 1. The molecule has 1 aromatic heterocycles. The van der Waals surface area contributed by atoms with Gasteiger partial charge in [0.05, 0.1) is 12.0 Å². The molecule has 1 amide bonds. The van der Waals surface area contributed by atoms with Gasteiger partial charge in [0.25, 0.3) is 0 Å². The quantitative estimate of drug-likeness (QED) is 0.681. The maximum absolute atomic E-state index is 13.1. The van der Waals surface area contributed by atoms with E-state index in [2.05, 4.69) is 22.2 Å². The third-order valence-electron chi connectivity index (χ3n) is 7.13. The van der Waals surface area contributed by atoms with Gasteiger partial charge in [0, 0.05) is 23.3 Å². The van der Waals surface area contributed by atoms with Gasteiger partial charge < -0.3 is 9.88 Å². The Morgan fingerprint density at radius 3 is 2.40 bits per heavy atom. The standard InChI is InChI=1S/C24H30FN3OS/c1-2-7-28-21(11-22(29)26-20-5-3-19(25)4-6-20)15-30-23(28)27-24-12-16-8-17(13-24)10-18(9-16)14-24/h3-6,15-18H,2,7-14H2,1H3,(H,26,29). The molecule has 0 atom stereocenters. The van der Waals surface area contributed by atoms with Crippen molar-refractivity contribution >= 4 is 22.9 Å². The molecule has 160 valence electrons. The van der Waals surface area contributed by atoms with E-state index in [1.165, 1.54) is 50.7 Å². The summed E-state index contributed by atoms with van der Waals surface area (Å²) in [7, 11) is 0. The summed E-state index contributed by atoms with van der Waals surface area (Å²) in [6.45, 7) is 3.05. The molecule has 0 saturated heterocycles. The number of benzene rings is 1. The Labute approximate surface area is 181 Å². The lowest BCUT2D eigenvalue weighted by molar-refractivity contribution is -0.115. The lowest BCUT2D eigenvalue weighted by Gasteiger charge is -2.54. The van der Waals surface area contributed by atoms with Crippen LogP contribution in [-0.2, 0) is 17.8 Å². The smallest absolute Gasteiger partial charge is 0.230 e. The lowest BCUT2D eigenvalue weighted by atomic mass is 9.53. The Balaban J connectivity index is 1.38. The minimum atomic E-state index is -0.303. The maximum Gasteiger partial charge on any atom is 0.230 e. The summed E-state index contributed by atoms with van der Waals surface area (Å²) in [6, 6.07) is 5.91. The summed E-state index contributed by atoms with van der Waals surface area (Å²) in [5, 5.41) is 4.97. The van der Waals surface area contributed by atoms with E-state index in [0.29, 0.717) is 12.1 Å². The summed E-state index contributed by atoms with van der Waals surface area (Å²) >= 11 is 1.68. The van der Waals surface area contributed by atoms with Crippen molar-refractivity contribution in [2.45, 2.75) is 70.4 Å². The number of hydrogen-bond donors (Lipinski definition) is 1. The average molecular weight is 428 g/mol. The molecule has 0 aliphatic heterocycles. The zero-order valence-electron chi connectivity index (χ0n) is 17.6. The van der Waals surface area contributed by atoms with E-state index in [9.17, 15) is 9.18 Å². The summed E-state index contributed by atoms with van der Waals surface area (Å²) in [5.74, 6) is 2.25. The van der Waals surface area contributed by atoms with Crippen molar-refractivity contribution in [1.29, 1.82) is 0 Å². The molecule has 4 aliphatic rings. The highest BCUT2D eigenvalue weighted by atomic mass is 32.1. The number of anilines is 1. The monoisotopic (exact) mass is 427 g/mol. The number of rotatable bonds is 6. The van der Waals surface area contributed by atoms with Crippen LogP contribution in [0.3, 0.4) is 0 Å². The van der Waals surface area contributed by atoms with E-state index in [4.69, 9.17) is 4.99 Å². The van der Waals surface area contributed by atoms with Gasteiger partial charge in [-0.1, -0.05) is 6.92 Å². The highest BCUT2D eigenvalue weighted by Gasteiger charge is 2.51. The van der Waals surface area contributed by atoms with Gasteiger partial charge in [-0.3, -0.25) is 9.79 Å². The van der Waals surface area contributed by atoms with Gasteiger partial charge in [-0.25, -0.2) is 4.39 Å². The van der Waals surface area contributed by atoms with Crippen molar-refractivity contribution in [2.24, 2.45) is 22.7 Å². The molecule has 4 bridgehead atoms. The molecule has 4 aliphatic carbocycles. The third kappa shape index (κ3) is 3.98. The van der Waals surface area contributed by atoms with Crippen molar-refractivity contribution in [2.75, 3.05) is 5.32 Å². The van der Waals surface area contributed by atoms with Crippen molar-refractivity contribution in [3.05, 3.63) is 46.0 Å². The minimum Gasteiger partial charge on any atom is -0.326 e. The Hall–Kier alpha value is -1.95. The molecule has 1 N–H and O–H groups in total. The Morgan fingerprint density at radius 2 is 1.80 bits per heavy atom. The summed E-state index contributed by atoms with van der Waals surface area (Å²) in [5.41, 5.74) is 1.78. The average Bonchev–Trinajstić information content (AvgIpc) is 3.03. The van der Waals surface area contributed by atoms with E-state index < -0.39 is 0 Å². The minimum absolute atomic E-state index is 0.0781. The number of hydrogen-bond acceptors (Lipinski definition) is 3. The number of thiazole rings is 1. The molecule has 1 heterocycles. The van der Waals surface area contributed by atoms with Crippen LogP contribution in [0.2, 0.25) is 0 Å². The molecule has 4 nitrogen and oxygen atoms in total. The van der Waals surface area contributed by atoms with Crippen molar-refractivity contribution in [1.82, 2.24) is 4.57 Å². The van der Waals surface area contributed by atoms with Gasteiger partial charge in [0.1, 0.15) is 5.82 Å². The number of amides is 1. The van der Waals surface area contributed by atoms with Crippen LogP contribution < -0.4 is 10.1 Å². The molecule has 30 heavy (non-hydrogen) atoms. The fraction of sp³-hybridized carbons (Fsp3) is 0.583. The lowest BCUT2D eigenvalue weighted by Crippen LogP contribution is -2.50. The molecule has 1 aromatic carbocycles. The van der Waals surface area contributed by atoms with Crippen LogP contribution in [0.15, 0.2) is 34.6 Å². The zero-order valence-corrected chi connectivity index (χ0v) is 18.4. The van der Waals surface area contributed by atoms with E-state index in [0.717, 1.165) is 41.2 Å². The van der Waals surface area contributed by atoms with E-state index >= 15 is 0 Å². The van der Waals surface area contributed by atoms with Crippen LogP contribution in [0.4, 0.5) is 10.1 Å². The van der Waals surface area contributed by atoms with Crippen LogP contribution in [-0.4, -0.2) is 16.0 Å². The van der Waals surface area contributed by atoms with E-state index in [-0.39, 0.29) is 17.3 Å². The molecule has 4 saturated carbocycles. The molecule has 4 fully saturated rings. The second kappa shape index (κ2) is 7.95. The molecular formula is C24H30FN3OS. The SMILES string of the molecule is CCCn1c(CC(=O)Nc2ccc(F)cc2)csc1=NC12CC3CC(CC(C3)C1)C2. The van der Waals surface area contributed by atoms with Crippen LogP contribution in [0.1, 0.15) is 57.6 Å². The molecule has 0 spiro atoms. The van der Waals surface area contributed by atoms with Gasteiger partial charge in [-0.15, -0.1) is 11.3 Å². The molecule has 0 radical (unpaired) electrons. The van der Waals surface area contributed by atoms with E-state index in [1.54, 1.807) is 23.5 Å². The largest absolute Gasteiger partial charge is 0.326 e. The van der Waals surface area contributed by atoms with Crippen molar-refractivity contribution < 1.29 is 9.18 Å². The molecule has 0 unspecified atom stereocenters. The first-order valence-electron chi connectivity index (χ1n) is 11.3.